The first-order valence-corrected chi connectivity index (χ1v) is 11.3. The number of rotatable bonds is 10. The number of hydrogen-bond acceptors (Lipinski definition) is 6. The van der Waals surface area contributed by atoms with Gasteiger partial charge in [-0.2, -0.15) is 0 Å². The fourth-order valence-electron chi connectivity index (χ4n) is 3.14. The maximum atomic E-state index is 12.1. The van der Waals surface area contributed by atoms with E-state index >= 15 is 0 Å². The molecule has 0 aliphatic heterocycles. The van der Waals surface area contributed by atoms with Crippen molar-refractivity contribution < 1.29 is 23.8 Å². The molecule has 0 saturated heterocycles. The van der Waals surface area contributed by atoms with Gasteiger partial charge in [0.15, 0.2) is 18.1 Å². The van der Waals surface area contributed by atoms with Gasteiger partial charge in [-0.15, -0.1) is 11.8 Å². The van der Waals surface area contributed by atoms with Gasteiger partial charge in [-0.1, -0.05) is 41.9 Å². The third-order valence-electron chi connectivity index (χ3n) is 4.71. The number of halogens is 1. The van der Waals surface area contributed by atoms with Gasteiger partial charge in [-0.25, -0.2) is 0 Å². The molecule has 0 atom stereocenters. The molecule has 0 aromatic heterocycles. The van der Waals surface area contributed by atoms with Crippen LogP contribution >= 0.6 is 23.4 Å². The summed E-state index contributed by atoms with van der Waals surface area (Å²) in [4.78, 5) is 25.0. The van der Waals surface area contributed by atoms with E-state index in [0.717, 1.165) is 21.2 Å². The van der Waals surface area contributed by atoms with Crippen molar-refractivity contribution in [1.82, 2.24) is 5.32 Å². The number of benzene rings is 3. The zero-order valence-corrected chi connectivity index (χ0v) is 19.4. The van der Waals surface area contributed by atoms with E-state index < -0.39 is 5.97 Å². The Morgan fingerprint density at radius 2 is 1.75 bits per heavy atom. The highest BCUT2D eigenvalue weighted by Crippen LogP contribution is 2.33. The summed E-state index contributed by atoms with van der Waals surface area (Å²) in [6, 6.07) is 17.1. The quantitative estimate of drug-likeness (QED) is 0.345. The van der Waals surface area contributed by atoms with E-state index in [9.17, 15) is 9.59 Å². The van der Waals surface area contributed by atoms with Crippen LogP contribution in [0.15, 0.2) is 59.5 Å². The second-order valence-corrected chi connectivity index (χ2v) is 8.26. The molecule has 168 valence electrons. The normalized spacial score (nSPS) is 10.6. The van der Waals surface area contributed by atoms with Crippen molar-refractivity contribution in [1.29, 1.82) is 0 Å². The number of ether oxygens (including phenoxy) is 3. The molecule has 0 aliphatic carbocycles. The highest BCUT2D eigenvalue weighted by Gasteiger charge is 2.11. The van der Waals surface area contributed by atoms with E-state index in [-0.39, 0.29) is 18.3 Å². The van der Waals surface area contributed by atoms with Crippen molar-refractivity contribution in [3.05, 3.63) is 65.2 Å². The Morgan fingerprint density at radius 1 is 1.00 bits per heavy atom. The number of esters is 1. The monoisotopic (exact) mass is 473 g/mol. The van der Waals surface area contributed by atoms with Crippen LogP contribution in [0.25, 0.3) is 10.8 Å². The number of methoxy groups -OCH3 is 2. The smallest absolute Gasteiger partial charge is 0.316 e. The fraction of sp³-hybridized carbons (Fsp3) is 0.250. The summed E-state index contributed by atoms with van der Waals surface area (Å²) in [6.45, 7) is 0.0940. The van der Waals surface area contributed by atoms with Crippen molar-refractivity contribution in [3.8, 4) is 11.5 Å². The molecule has 0 radical (unpaired) electrons. The molecule has 0 aliphatic rings. The lowest BCUT2D eigenvalue weighted by Gasteiger charge is -2.10. The van der Waals surface area contributed by atoms with Crippen LogP contribution in [0.5, 0.6) is 11.5 Å². The minimum Gasteiger partial charge on any atom is -0.493 e. The molecule has 0 saturated carbocycles. The van der Waals surface area contributed by atoms with Gasteiger partial charge < -0.3 is 19.5 Å². The summed E-state index contributed by atoms with van der Waals surface area (Å²) in [5.74, 6) is 0.556. The molecule has 3 rings (SSSR count). The minimum absolute atomic E-state index is 0.0866. The molecule has 8 heteroatoms. The summed E-state index contributed by atoms with van der Waals surface area (Å²) >= 11 is 7.64. The SMILES string of the molecule is COc1ccc(CCNC(=O)COC(=O)CSc2cccc3cccc(Cl)c23)cc1OC. The van der Waals surface area contributed by atoms with Crippen LogP contribution in [-0.2, 0) is 20.7 Å². The predicted octanol–water partition coefficient (Wildman–Crippen LogP) is 4.50. The highest BCUT2D eigenvalue weighted by atomic mass is 35.5. The van der Waals surface area contributed by atoms with E-state index in [2.05, 4.69) is 5.32 Å². The molecule has 32 heavy (non-hydrogen) atoms. The van der Waals surface area contributed by atoms with Crippen LogP contribution < -0.4 is 14.8 Å². The average molecular weight is 474 g/mol. The van der Waals surface area contributed by atoms with E-state index in [4.69, 9.17) is 25.8 Å². The summed E-state index contributed by atoms with van der Waals surface area (Å²) < 4.78 is 15.6. The van der Waals surface area contributed by atoms with Crippen LogP contribution in [-0.4, -0.2) is 45.0 Å². The van der Waals surface area contributed by atoms with Crippen molar-refractivity contribution in [2.45, 2.75) is 11.3 Å². The topological polar surface area (TPSA) is 73.9 Å². The first-order chi connectivity index (χ1) is 15.5. The van der Waals surface area contributed by atoms with E-state index in [0.29, 0.717) is 29.5 Å². The molecule has 3 aromatic carbocycles. The Hall–Kier alpha value is -2.90. The van der Waals surface area contributed by atoms with Crippen LogP contribution in [0.4, 0.5) is 0 Å². The first-order valence-electron chi connectivity index (χ1n) is 9.95. The number of hydrogen-bond donors (Lipinski definition) is 1. The van der Waals surface area contributed by atoms with E-state index in [1.54, 1.807) is 14.2 Å². The number of amides is 1. The lowest BCUT2D eigenvalue weighted by molar-refractivity contribution is -0.145. The zero-order chi connectivity index (χ0) is 22.9. The Balaban J connectivity index is 1.41. The summed E-state index contributed by atoms with van der Waals surface area (Å²) in [5.41, 5.74) is 0.991. The standard InChI is InChI=1S/C24H24ClNO5S/c1-29-19-10-9-16(13-20(19)30-2)11-12-26-22(27)14-31-23(28)15-32-21-8-4-6-17-5-3-7-18(25)24(17)21/h3-10,13H,11-12,14-15H2,1-2H3,(H,26,27). The molecule has 0 heterocycles. The largest absolute Gasteiger partial charge is 0.493 e. The Bertz CT molecular complexity index is 1100. The number of carbonyl (C=O) groups excluding carboxylic acids is 2. The van der Waals surface area contributed by atoms with Gasteiger partial charge in [-0.05, 0) is 41.6 Å². The van der Waals surface area contributed by atoms with Crippen molar-refractivity contribution >= 4 is 46.0 Å². The Kier molecular flexibility index (Phi) is 8.64. The van der Waals surface area contributed by atoms with Crippen molar-refractivity contribution in [3.63, 3.8) is 0 Å². The van der Waals surface area contributed by atoms with Crippen LogP contribution in [0.2, 0.25) is 5.02 Å². The predicted molar refractivity (Wildman–Crippen MR) is 127 cm³/mol. The summed E-state index contributed by atoms with van der Waals surface area (Å²) in [5, 5.41) is 5.29. The molecule has 0 bridgehead atoms. The zero-order valence-electron chi connectivity index (χ0n) is 17.9. The van der Waals surface area contributed by atoms with Crippen molar-refractivity contribution in [2.75, 3.05) is 33.1 Å². The van der Waals surface area contributed by atoms with Crippen molar-refractivity contribution in [2.24, 2.45) is 0 Å². The highest BCUT2D eigenvalue weighted by molar-refractivity contribution is 8.00. The van der Waals surface area contributed by atoms with Gasteiger partial charge in [-0.3, -0.25) is 9.59 Å². The molecule has 0 fully saturated rings. The summed E-state index contributed by atoms with van der Waals surface area (Å²) in [6.07, 6.45) is 0.609. The molecule has 6 nitrogen and oxygen atoms in total. The van der Waals surface area contributed by atoms with E-state index in [1.165, 1.54) is 11.8 Å². The van der Waals surface area contributed by atoms with Gasteiger partial charge in [0.2, 0.25) is 0 Å². The molecular formula is C24H24ClNO5S. The second-order valence-electron chi connectivity index (χ2n) is 6.83. The molecule has 3 aromatic rings. The van der Waals surface area contributed by atoms with Crippen LogP contribution in [0.1, 0.15) is 5.56 Å². The Morgan fingerprint density at radius 3 is 2.50 bits per heavy atom. The molecule has 0 spiro atoms. The molecular weight excluding hydrogens is 450 g/mol. The molecule has 0 unspecified atom stereocenters. The lowest BCUT2D eigenvalue weighted by Crippen LogP contribution is -2.30. The average Bonchev–Trinajstić information content (AvgIpc) is 2.81. The fourth-order valence-corrected chi connectivity index (χ4v) is 4.38. The number of carbonyl (C=O) groups is 2. The summed E-state index contributed by atoms with van der Waals surface area (Å²) in [7, 11) is 3.15. The van der Waals surface area contributed by atoms with Gasteiger partial charge in [0.05, 0.1) is 20.0 Å². The van der Waals surface area contributed by atoms with Gasteiger partial charge in [0.25, 0.3) is 5.91 Å². The minimum atomic E-state index is -0.464. The third kappa shape index (κ3) is 6.31. The number of thioether (sulfide) groups is 1. The maximum absolute atomic E-state index is 12.1. The van der Waals surface area contributed by atoms with Crippen LogP contribution in [0, 0.1) is 0 Å². The van der Waals surface area contributed by atoms with Gasteiger partial charge >= 0.3 is 5.97 Å². The molecule has 1 amide bonds. The van der Waals surface area contributed by atoms with Gasteiger partial charge in [0, 0.05) is 21.8 Å². The molecule has 1 N–H and O–H groups in total. The second kappa shape index (κ2) is 11.6. The Labute approximate surface area is 196 Å². The number of nitrogens with one attached hydrogen (secondary N) is 1. The van der Waals surface area contributed by atoms with Crippen LogP contribution in [0.3, 0.4) is 0 Å². The maximum Gasteiger partial charge on any atom is 0.316 e. The van der Waals surface area contributed by atoms with Gasteiger partial charge in [0.1, 0.15) is 0 Å². The lowest BCUT2D eigenvalue weighted by atomic mass is 10.1. The first kappa shape index (κ1) is 23.8. The van der Waals surface area contributed by atoms with E-state index in [1.807, 2.05) is 54.6 Å². The number of fused-ring (bicyclic) bond motifs is 1. The third-order valence-corrected chi connectivity index (χ3v) is 6.06.